The molecule has 0 spiro atoms. The highest BCUT2D eigenvalue weighted by Crippen LogP contribution is 2.32. The number of anilines is 1. The number of rotatable bonds is 4. The molecule has 1 aliphatic rings. The molecule has 0 radical (unpaired) electrons. The smallest absolute Gasteiger partial charge is 0.248 e. The van der Waals surface area contributed by atoms with E-state index in [2.05, 4.69) is 5.32 Å². The number of amides is 1. The zero-order chi connectivity index (χ0) is 16.2. The van der Waals surface area contributed by atoms with Crippen molar-refractivity contribution in [3.63, 3.8) is 0 Å². The molecule has 0 aliphatic carbocycles. The molecule has 0 aromatic heterocycles. The summed E-state index contributed by atoms with van der Waals surface area (Å²) in [5, 5.41) is 2.73. The summed E-state index contributed by atoms with van der Waals surface area (Å²) in [6.07, 6.45) is 3.12. The summed E-state index contributed by atoms with van der Waals surface area (Å²) in [4.78, 5) is 23.3. The number of Topliss-reactive ketones (excluding diaryl/α,β-unsaturated/α-hetero) is 1. The number of ketones is 1. The Bertz CT molecular complexity index is 795. The SMILES string of the molecule is CC(=O)c1cccc(NC(=O)/C=C\c2ccc3c(c2)OCO3)c1. The lowest BCUT2D eigenvalue weighted by Gasteiger charge is -2.03. The maximum Gasteiger partial charge on any atom is 0.248 e. The van der Waals surface area contributed by atoms with E-state index in [1.165, 1.54) is 13.0 Å². The van der Waals surface area contributed by atoms with Crippen LogP contribution in [0.1, 0.15) is 22.8 Å². The Morgan fingerprint density at radius 1 is 1.09 bits per heavy atom. The van der Waals surface area contributed by atoms with E-state index in [-0.39, 0.29) is 18.5 Å². The Morgan fingerprint density at radius 3 is 2.74 bits per heavy atom. The van der Waals surface area contributed by atoms with Crippen LogP contribution >= 0.6 is 0 Å². The van der Waals surface area contributed by atoms with E-state index < -0.39 is 0 Å². The summed E-state index contributed by atoms with van der Waals surface area (Å²) < 4.78 is 10.5. The van der Waals surface area contributed by atoms with E-state index in [9.17, 15) is 9.59 Å². The van der Waals surface area contributed by atoms with E-state index in [0.717, 1.165) is 5.56 Å². The highest BCUT2D eigenvalue weighted by molar-refractivity contribution is 6.03. The Hall–Kier alpha value is -3.08. The molecule has 2 aromatic carbocycles. The molecular weight excluding hydrogens is 294 g/mol. The quantitative estimate of drug-likeness (QED) is 0.695. The third-order valence-electron chi connectivity index (χ3n) is 3.36. The standard InChI is InChI=1S/C18H15NO4/c1-12(20)14-3-2-4-15(10-14)19-18(21)8-6-13-5-7-16-17(9-13)23-11-22-16/h2-10H,11H2,1H3,(H,19,21)/b8-6-. The molecule has 116 valence electrons. The van der Waals surface area contributed by atoms with Gasteiger partial charge in [-0.05, 0) is 42.8 Å². The van der Waals surface area contributed by atoms with Gasteiger partial charge in [0.1, 0.15) is 0 Å². The van der Waals surface area contributed by atoms with Crippen LogP contribution in [0.3, 0.4) is 0 Å². The van der Waals surface area contributed by atoms with Crippen molar-refractivity contribution in [1.82, 2.24) is 0 Å². The average molecular weight is 309 g/mol. The minimum absolute atomic E-state index is 0.0444. The van der Waals surface area contributed by atoms with Crippen molar-refractivity contribution in [1.29, 1.82) is 0 Å². The second kappa shape index (κ2) is 6.36. The first-order chi connectivity index (χ1) is 11.1. The van der Waals surface area contributed by atoms with Crippen LogP contribution in [0.15, 0.2) is 48.5 Å². The van der Waals surface area contributed by atoms with Gasteiger partial charge >= 0.3 is 0 Å². The van der Waals surface area contributed by atoms with Gasteiger partial charge in [0.25, 0.3) is 0 Å². The molecule has 0 bridgehead atoms. The molecular formula is C18H15NO4. The average Bonchev–Trinajstić information content (AvgIpc) is 3.01. The Morgan fingerprint density at radius 2 is 1.91 bits per heavy atom. The van der Waals surface area contributed by atoms with Gasteiger partial charge in [-0.15, -0.1) is 0 Å². The molecule has 1 aliphatic heterocycles. The molecule has 0 atom stereocenters. The molecule has 1 heterocycles. The van der Waals surface area contributed by atoms with Crippen LogP contribution in [0, 0.1) is 0 Å². The summed E-state index contributed by atoms with van der Waals surface area (Å²) in [5.74, 6) is 1.05. The molecule has 3 rings (SSSR count). The number of hydrogen-bond acceptors (Lipinski definition) is 4. The minimum atomic E-state index is -0.275. The fourth-order valence-corrected chi connectivity index (χ4v) is 2.19. The molecule has 5 nitrogen and oxygen atoms in total. The van der Waals surface area contributed by atoms with Crippen molar-refractivity contribution in [2.24, 2.45) is 0 Å². The normalized spacial score (nSPS) is 12.4. The summed E-state index contributed by atoms with van der Waals surface area (Å²) in [5.41, 5.74) is 1.97. The molecule has 0 unspecified atom stereocenters. The molecule has 2 aromatic rings. The maximum atomic E-state index is 12.0. The van der Waals surface area contributed by atoms with Gasteiger partial charge in [-0.3, -0.25) is 9.59 Å². The number of nitrogens with one attached hydrogen (secondary N) is 1. The van der Waals surface area contributed by atoms with E-state index in [0.29, 0.717) is 22.7 Å². The monoisotopic (exact) mass is 309 g/mol. The number of ether oxygens (including phenoxy) is 2. The Kier molecular flexibility index (Phi) is 4.10. The molecule has 23 heavy (non-hydrogen) atoms. The van der Waals surface area contributed by atoms with Crippen LogP contribution in [-0.4, -0.2) is 18.5 Å². The van der Waals surface area contributed by atoms with E-state index >= 15 is 0 Å². The van der Waals surface area contributed by atoms with Gasteiger partial charge in [0, 0.05) is 17.3 Å². The first kappa shape index (κ1) is 14.8. The number of hydrogen-bond donors (Lipinski definition) is 1. The van der Waals surface area contributed by atoms with Gasteiger partial charge in [-0.25, -0.2) is 0 Å². The second-order valence-corrected chi connectivity index (χ2v) is 5.07. The van der Waals surface area contributed by atoms with Crippen LogP contribution in [0.25, 0.3) is 6.08 Å². The third-order valence-corrected chi connectivity index (χ3v) is 3.36. The van der Waals surface area contributed by atoms with Crippen molar-refractivity contribution in [3.05, 3.63) is 59.7 Å². The Balaban J connectivity index is 1.67. The third kappa shape index (κ3) is 3.58. The van der Waals surface area contributed by atoms with Gasteiger partial charge in [0.05, 0.1) is 0 Å². The zero-order valence-electron chi connectivity index (χ0n) is 12.5. The number of carbonyl (C=O) groups is 2. The highest BCUT2D eigenvalue weighted by atomic mass is 16.7. The van der Waals surface area contributed by atoms with E-state index in [4.69, 9.17) is 9.47 Å². The summed E-state index contributed by atoms with van der Waals surface area (Å²) in [7, 11) is 0. The topological polar surface area (TPSA) is 64.6 Å². The van der Waals surface area contributed by atoms with Crippen molar-refractivity contribution >= 4 is 23.5 Å². The zero-order valence-corrected chi connectivity index (χ0v) is 12.5. The molecule has 1 amide bonds. The second-order valence-electron chi connectivity index (χ2n) is 5.07. The van der Waals surface area contributed by atoms with E-state index in [1.54, 1.807) is 36.4 Å². The van der Waals surface area contributed by atoms with Crippen LogP contribution in [0.4, 0.5) is 5.69 Å². The van der Waals surface area contributed by atoms with Crippen LogP contribution in [0.5, 0.6) is 11.5 Å². The molecule has 0 saturated carbocycles. The number of benzene rings is 2. The van der Waals surface area contributed by atoms with Crippen molar-refractivity contribution in [2.45, 2.75) is 6.92 Å². The first-order valence-corrected chi connectivity index (χ1v) is 7.11. The van der Waals surface area contributed by atoms with Gasteiger partial charge in [0.15, 0.2) is 17.3 Å². The predicted octanol–water partition coefficient (Wildman–Crippen LogP) is 3.27. The lowest BCUT2D eigenvalue weighted by Crippen LogP contribution is -2.08. The Labute approximate surface area is 133 Å². The largest absolute Gasteiger partial charge is 0.454 e. The van der Waals surface area contributed by atoms with Gasteiger partial charge in [-0.2, -0.15) is 0 Å². The van der Waals surface area contributed by atoms with Crippen molar-refractivity contribution < 1.29 is 19.1 Å². The minimum Gasteiger partial charge on any atom is -0.454 e. The highest BCUT2D eigenvalue weighted by Gasteiger charge is 2.12. The predicted molar refractivity (Wildman–Crippen MR) is 86.7 cm³/mol. The van der Waals surface area contributed by atoms with Gasteiger partial charge in [0.2, 0.25) is 12.7 Å². The summed E-state index contributed by atoms with van der Waals surface area (Å²) in [6, 6.07) is 12.3. The van der Waals surface area contributed by atoms with Crippen LogP contribution in [0.2, 0.25) is 0 Å². The maximum absolute atomic E-state index is 12.0. The van der Waals surface area contributed by atoms with E-state index in [1.807, 2.05) is 12.1 Å². The summed E-state index contributed by atoms with van der Waals surface area (Å²) >= 11 is 0. The fourth-order valence-electron chi connectivity index (χ4n) is 2.19. The van der Waals surface area contributed by atoms with Gasteiger partial charge in [-0.1, -0.05) is 18.2 Å². The van der Waals surface area contributed by atoms with Crippen molar-refractivity contribution in [3.8, 4) is 11.5 Å². The molecule has 0 fully saturated rings. The molecule has 1 N–H and O–H groups in total. The van der Waals surface area contributed by atoms with Gasteiger partial charge < -0.3 is 14.8 Å². The van der Waals surface area contributed by atoms with Crippen molar-refractivity contribution in [2.75, 3.05) is 12.1 Å². The lowest BCUT2D eigenvalue weighted by atomic mass is 10.1. The van der Waals surface area contributed by atoms with Crippen LogP contribution < -0.4 is 14.8 Å². The fraction of sp³-hybridized carbons (Fsp3) is 0.111. The van der Waals surface area contributed by atoms with Crippen LogP contribution in [-0.2, 0) is 4.79 Å². The molecule has 0 saturated heterocycles. The lowest BCUT2D eigenvalue weighted by molar-refractivity contribution is -0.111. The molecule has 5 heteroatoms. The summed E-state index contributed by atoms with van der Waals surface area (Å²) in [6.45, 7) is 1.70. The number of carbonyl (C=O) groups excluding carboxylic acids is 2. The number of fused-ring (bicyclic) bond motifs is 1. The first-order valence-electron chi connectivity index (χ1n) is 7.11.